The molecule has 0 radical (unpaired) electrons. The quantitative estimate of drug-likeness (QED) is 0.0374. The predicted octanol–water partition coefficient (Wildman–Crippen LogP) is -4.12. The zero-order valence-electron chi connectivity index (χ0n) is 40.5. The van der Waals surface area contributed by atoms with Gasteiger partial charge in [0, 0.05) is 23.8 Å². The Morgan fingerprint density at radius 1 is 0.623 bits per heavy atom. The van der Waals surface area contributed by atoms with Crippen molar-refractivity contribution in [3.05, 3.63) is 76.5 Å². The van der Waals surface area contributed by atoms with Crippen LogP contribution in [0.3, 0.4) is 0 Å². The van der Waals surface area contributed by atoms with Crippen LogP contribution in [0, 0.1) is 0 Å². The summed E-state index contributed by atoms with van der Waals surface area (Å²) in [6.45, 7) is -0.993. The van der Waals surface area contributed by atoms with Gasteiger partial charge in [-0.3, -0.25) is 4.79 Å². The van der Waals surface area contributed by atoms with Crippen LogP contribution in [0.5, 0.6) is 34.5 Å². The summed E-state index contributed by atoms with van der Waals surface area (Å²) in [4.78, 5) is 27.2. The van der Waals surface area contributed by atoms with E-state index in [-0.39, 0.29) is 28.6 Å². The molecule has 0 aliphatic carbocycles. The molecule has 0 spiro atoms. The van der Waals surface area contributed by atoms with Gasteiger partial charge in [-0.25, -0.2) is 4.79 Å². The van der Waals surface area contributed by atoms with E-state index < -0.39 is 182 Å². The molecular formula is C49H58O28. The molecule has 8 rings (SSSR count). The third kappa shape index (κ3) is 12.1. The van der Waals surface area contributed by atoms with Gasteiger partial charge in [-0.15, -0.1) is 0 Å². The highest BCUT2D eigenvalue weighted by molar-refractivity contribution is 5.88. The minimum absolute atomic E-state index is 0.00800. The number of methoxy groups -OCH3 is 1. The molecule has 28 heteroatoms. The maximum absolute atomic E-state index is 14.6. The van der Waals surface area contributed by atoms with Gasteiger partial charge in [0.2, 0.25) is 23.8 Å². The minimum atomic E-state index is -2.23. The van der Waals surface area contributed by atoms with E-state index in [1.54, 1.807) is 0 Å². The molecule has 422 valence electrons. The highest BCUT2D eigenvalue weighted by Crippen LogP contribution is 2.40. The second-order valence-corrected chi connectivity index (χ2v) is 18.4. The van der Waals surface area contributed by atoms with Crippen LogP contribution in [0.15, 0.2) is 69.9 Å². The number of ether oxygens (including phenoxy) is 10. The zero-order chi connectivity index (χ0) is 55.7. The smallest absolute Gasteiger partial charge is 0.330 e. The van der Waals surface area contributed by atoms with E-state index in [4.69, 9.17) is 51.8 Å². The van der Waals surface area contributed by atoms with Gasteiger partial charge in [0.05, 0.1) is 26.4 Å². The summed E-state index contributed by atoms with van der Waals surface area (Å²) in [7, 11) is 1.34. The molecule has 4 fully saturated rings. The molecule has 20 atom stereocenters. The van der Waals surface area contributed by atoms with E-state index >= 15 is 0 Å². The summed E-state index contributed by atoms with van der Waals surface area (Å²) >= 11 is 0. The number of carbonyl (C=O) groups is 1. The monoisotopic (exact) mass is 1090 g/mol. The standard InChI is InChI=1S/C49H58O28/c1-17-31(55)35(59)39(63)46(70-17)69-16-28-44(76-48-41(65)36(60)32(56)26(14-50)73-48)38(62)42(66)49(75-28)77-45-34(58)30-23(53)12-21(13-25(30)72-43(45)19-5-7-20(51)8-6-19)71-47-40(64)37(61)33(57)27(74-47)15-68-29(54)10-4-18-3-9-22(52)24(11-18)67-2/h3-13,17,26-28,31-33,35-42,44,46-53,55-57,59-66H,14-16H2,1-2H3/t17-,26+,27+,28+,31-,32+,33+,35+,36-,37-,38+,39+,40+,41+,42+,44+,46+,47+,48-,49-/m0/s1. The Kier molecular flexibility index (Phi) is 17.9. The van der Waals surface area contributed by atoms with Crippen molar-refractivity contribution < 1.29 is 133 Å². The Bertz CT molecular complexity index is 2750. The van der Waals surface area contributed by atoms with Gasteiger partial charge in [-0.1, -0.05) is 6.07 Å². The number of aromatic hydroxyl groups is 3. The molecule has 5 heterocycles. The summed E-state index contributed by atoms with van der Waals surface area (Å²) in [5.74, 6) is -3.65. The Hall–Kier alpha value is -5.84. The van der Waals surface area contributed by atoms with Crippen molar-refractivity contribution in [1.29, 1.82) is 0 Å². The Labute approximate surface area is 434 Å². The van der Waals surface area contributed by atoms with Crippen LogP contribution in [0.2, 0.25) is 0 Å². The number of carbonyl (C=O) groups excluding carboxylic acids is 1. The maximum atomic E-state index is 14.6. The van der Waals surface area contributed by atoms with E-state index in [9.17, 15) is 86.2 Å². The predicted molar refractivity (Wildman–Crippen MR) is 251 cm³/mol. The lowest BCUT2D eigenvalue weighted by Crippen LogP contribution is -2.65. The lowest BCUT2D eigenvalue weighted by Gasteiger charge is -2.46. The zero-order valence-corrected chi connectivity index (χ0v) is 40.5. The Balaban J connectivity index is 1.06. The molecule has 1 aromatic heterocycles. The molecule has 4 aliphatic rings. The summed E-state index contributed by atoms with van der Waals surface area (Å²) in [5.41, 5.74) is -1.14. The number of aliphatic hydroxyl groups excluding tert-OH is 12. The lowest BCUT2D eigenvalue weighted by molar-refractivity contribution is -0.359. The molecule has 28 nitrogen and oxygen atoms in total. The average Bonchev–Trinajstić information content (AvgIpc) is 3.44. The van der Waals surface area contributed by atoms with Crippen LogP contribution >= 0.6 is 0 Å². The van der Waals surface area contributed by atoms with Crippen LogP contribution in [-0.2, 0) is 38.0 Å². The van der Waals surface area contributed by atoms with Crippen LogP contribution in [0.1, 0.15) is 12.5 Å². The summed E-state index contributed by atoms with van der Waals surface area (Å²) in [5, 5.41) is 159. The number of hydrogen-bond donors (Lipinski definition) is 15. The molecule has 15 N–H and O–H groups in total. The van der Waals surface area contributed by atoms with Crippen LogP contribution < -0.4 is 19.6 Å². The molecule has 4 aliphatic heterocycles. The minimum Gasteiger partial charge on any atom is -0.508 e. The highest BCUT2D eigenvalue weighted by atomic mass is 16.8. The Morgan fingerprint density at radius 3 is 1.92 bits per heavy atom. The fourth-order valence-electron chi connectivity index (χ4n) is 8.79. The van der Waals surface area contributed by atoms with Gasteiger partial charge >= 0.3 is 5.97 Å². The first-order valence-electron chi connectivity index (χ1n) is 23.8. The number of aliphatic hydroxyl groups is 12. The fraction of sp³-hybridized carbons (Fsp3) is 0.510. The molecule has 77 heavy (non-hydrogen) atoms. The van der Waals surface area contributed by atoms with Gasteiger partial charge in [-0.05, 0) is 55.0 Å². The van der Waals surface area contributed by atoms with Crippen LogP contribution in [0.4, 0.5) is 0 Å². The van der Waals surface area contributed by atoms with Crippen molar-refractivity contribution in [2.24, 2.45) is 0 Å². The molecule has 4 saturated heterocycles. The first-order valence-corrected chi connectivity index (χ1v) is 23.8. The van der Waals surface area contributed by atoms with E-state index in [1.165, 1.54) is 62.6 Å². The Morgan fingerprint density at radius 2 is 1.23 bits per heavy atom. The van der Waals surface area contributed by atoms with Crippen molar-refractivity contribution in [1.82, 2.24) is 0 Å². The summed E-state index contributed by atoms with van der Waals surface area (Å²) < 4.78 is 62.4. The molecule has 0 unspecified atom stereocenters. The van der Waals surface area contributed by atoms with E-state index in [1.807, 2.05) is 0 Å². The topological polar surface area (TPSA) is 443 Å². The van der Waals surface area contributed by atoms with Crippen molar-refractivity contribution in [2.45, 2.75) is 130 Å². The molecule has 0 amide bonds. The van der Waals surface area contributed by atoms with Crippen molar-refractivity contribution in [3.8, 4) is 45.8 Å². The molecule has 4 aromatic rings. The number of phenols is 3. The first-order chi connectivity index (χ1) is 36.6. The second kappa shape index (κ2) is 24.0. The SMILES string of the molecule is COc1cc(C=CC(=O)OC[C@H]2O[C@@H](Oc3cc(O)c4c(=O)c(O[C@@H]5O[C@H](CO[C@@H]6O[C@@H](C)[C@H](O)[C@@H](O)[C@H]6O)[C@@H](O[C@@H]6O[C@H](CO)[C@@H](O)[C@H](O)[C@H]6O)[C@H](O)[C@H]5O)c(-c5ccc(O)cc5)oc4c3)[C@H](O)[C@@H](O)[C@@H]2O)ccc1O. The van der Waals surface area contributed by atoms with E-state index in [0.29, 0.717) is 5.56 Å². The highest BCUT2D eigenvalue weighted by Gasteiger charge is 2.53. The first kappa shape index (κ1) is 57.3. The average molecular weight is 1090 g/mol. The van der Waals surface area contributed by atoms with Gasteiger partial charge in [0.15, 0.2) is 29.8 Å². The van der Waals surface area contributed by atoms with Crippen molar-refractivity contribution in [3.63, 3.8) is 0 Å². The van der Waals surface area contributed by atoms with Gasteiger partial charge in [0.25, 0.3) is 0 Å². The lowest BCUT2D eigenvalue weighted by atomic mass is 9.96. The number of benzene rings is 3. The second-order valence-electron chi connectivity index (χ2n) is 18.4. The van der Waals surface area contributed by atoms with Crippen molar-refractivity contribution in [2.75, 3.05) is 26.9 Å². The summed E-state index contributed by atoms with van der Waals surface area (Å²) in [6, 6.07) is 11.1. The third-order valence-electron chi connectivity index (χ3n) is 13.2. The fourth-order valence-corrected chi connectivity index (χ4v) is 8.79. The molecular weight excluding hydrogens is 1040 g/mol. The number of hydrogen-bond acceptors (Lipinski definition) is 28. The number of rotatable bonds is 16. The van der Waals surface area contributed by atoms with Crippen LogP contribution in [0.25, 0.3) is 28.4 Å². The van der Waals surface area contributed by atoms with Gasteiger partial charge < -0.3 is 128 Å². The van der Waals surface area contributed by atoms with E-state index in [0.717, 1.165) is 18.2 Å². The third-order valence-corrected chi connectivity index (χ3v) is 13.2. The van der Waals surface area contributed by atoms with Gasteiger partial charge in [-0.2, -0.15) is 0 Å². The molecule has 0 saturated carbocycles. The van der Waals surface area contributed by atoms with Gasteiger partial charge in [0.1, 0.15) is 126 Å². The number of esters is 1. The number of phenolic OH excluding ortho intramolecular Hbond substituents is 3. The van der Waals surface area contributed by atoms with Crippen LogP contribution in [-0.4, -0.2) is 232 Å². The van der Waals surface area contributed by atoms with Crippen molar-refractivity contribution >= 4 is 23.0 Å². The molecule has 3 aromatic carbocycles. The number of fused-ring (bicyclic) bond motifs is 1. The normalized spacial score (nSPS) is 35.7. The van der Waals surface area contributed by atoms with E-state index in [2.05, 4.69) is 0 Å². The largest absolute Gasteiger partial charge is 0.508 e. The maximum Gasteiger partial charge on any atom is 0.330 e. The molecule has 0 bridgehead atoms. The summed E-state index contributed by atoms with van der Waals surface area (Å²) in [6.07, 6.45) is -34.0.